The zero-order valence-corrected chi connectivity index (χ0v) is 12.3. The predicted molar refractivity (Wildman–Crippen MR) is 73.9 cm³/mol. The molecule has 0 aliphatic heterocycles. The van der Waals surface area contributed by atoms with Crippen LogP contribution < -0.4 is 5.32 Å². The van der Waals surface area contributed by atoms with Crippen molar-refractivity contribution < 1.29 is 14.7 Å². The molecule has 0 aromatic carbocycles. The average molecular weight is 338 g/mol. The number of amides is 1. The maximum absolute atomic E-state index is 11.7. The van der Waals surface area contributed by atoms with Crippen molar-refractivity contribution in [2.75, 3.05) is 12.0 Å². The monoisotopic (exact) mass is 337 g/mol. The van der Waals surface area contributed by atoms with Crippen molar-refractivity contribution in [2.24, 2.45) is 0 Å². The van der Waals surface area contributed by atoms with Gasteiger partial charge in [-0.05, 0) is 46.5 Å². The summed E-state index contributed by atoms with van der Waals surface area (Å²) in [6.45, 7) is 0. The number of hydrogen-bond donors (Lipinski definition) is 2. The number of thiophene rings is 1. The minimum atomic E-state index is -0.997. The summed E-state index contributed by atoms with van der Waals surface area (Å²) >= 11 is 6.09. The van der Waals surface area contributed by atoms with Crippen LogP contribution in [0.4, 0.5) is 0 Å². The zero-order valence-electron chi connectivity index (χ0n) is 9.10. The molecule has 94 valence electrons. The lowest BCUT2D eigenvalue weighted by atomic mass is 10.2. The second-order valence-electron chi connectivity index (χ2n) is 3.25. The standard InChI is InChI=1S/C10H12BrNO3S2/c1-16-5-4-6(10(14)15)12-9(13)7-2-3-8(11)17-7/h2-3,6H,4-5H2,1H3,(H,12,13)(H,14,15)/t6-/m0/s1. The molecule has 0 bridgehead atoms. The summed E-state index contributed by atoms with van der Waals surface area (Å²) in [6.07, 6.45) is 2.33. The number of carboxylic acids is 1. The van der Waals surface area contributed by atoms with E-state index in [-0.39, 0.29) is 5.91 Å². The molecular formula is C10H12BrNO3S2. The van der Waals surface area contributed by atoms with E-state index in [2.05, 4.69) is 21.2 Å². The molecule has 1 aromatic heterocycles. The van der Waals surface area contributed by atoms with Gasteiger partial charge in [-0.2, -0.15) is 11.8 Å². The zero-order chi connectivity index (χ0) is 12.8. The van der Waals surface area contributed by atoms with Gasteiger partial charge in [0.1, 0.15) is 6.04 Å². The lowest BCUT2D eigenvalue weighted by Gasteiger charge is -2.12. The Hall–Kier alpha value is -0.530. The molecule has 0 aliphatic rings. The third kappa shape index (κ3) is 4.69. The van der Waals surface area contributed by atoms with Crippen molar-refractivity contribution >= 4 is 50.9 Å². The maximum Gasteiger partial charge on any atom is 0.326 e. The first kappa shape index (κ1) is 14.5. The van der Waals surface area contributed by atoms with E-state index in [4.69, 9.17) is 5.11 Å². The van der Waals surface area contributed by atoms with Crippen molar-refractivity contribution in [1.29, 1.82) is 0 Å². The van der Waals surface area contributed by atoms with Crippen molar-refractivity contribution in [3.05, 3.63) is 20.8 Å². The predicted octanol–water partition coefficient (Wildman–Crippen LogP) is 2.45. The van der Waals surface area contributed by atoms with E-state index in [1.807, 2.05) is 6.26 Å². The highest BCUT2D eigenvalue weighted by Crippen LogP contribution is 2.22. The Morgan fingerprint density at radius 1 is 1.59 bits per heavy atom. The highest BCUT2D eigenvalue weighted by atomic mass is 79.9. The second kappa shape index (κ2) is 7.03. The van der Waals surface area contributed by atoms with Gasteiger partial charge >= 0.3 is 5.97 Å². The van der Waals surface area contributed by atoms with Crippen molar-refractivity contribution in [1.82, 2.24) is 5.32 Å². The molecule has 2 N–H and O–H groups in total. The van der Waals surface area contributed by atoms with Crippen LogP contribution in [-0.2, 0) is 4.79 Å². The van der Waals surface area contributed by atoms with Gasteiger partial charge in [-0.25, -0.2) is 4.79 Å². The van der Waals surface area contributed by atoms with E-state index < -0.39 is 12.0 Å². The van der Waals surface area contributed by atoms with E-state index in [0.29, 0.717) is 17.1 Å². The van der Waals surface area contributed by atoms with Gasteiger partial charge in [0.05, 0.1) is 8.66 Å². The van der Waals surface area contributed by atoms with Crippen LogP contribution in [0.2, 0.25) is 0 Å². The normalized spacial score (nSPS) is 12.1. The molecule has 1 amide bonds. The van der Waals surface area contributed by atoms with Crippen LogP contribution in [0.5, 0.6) is 0 Å². The summed E-state index contributed by atoms with van der Waals surface area (Å²) < 4.78 is 0.846. The molecule has 0 saturated heterocycles. The van der Waals surface area contributed by atoms with Gasteiger partial charge in [-0.15, -0.1) is 11.3 Å². The number of thioether (sulfide) groups is 1. The first-order valence-corrected chi connectivity index (χ1v) is 7.83. The van der Waals surface area contributed by atoms with Crippen LogP contribution in [0.15, 0.2) is 15.9 Å². The summed E-state index contributed by atoms with van der Waals surface area (Å²) in [5.41, 5.74) is 0. The summed E-state index contributed by atoms with van der Waals surface area (Å²) in [7, 11) is 0. The Bertz CT molecular complexity index is 408. The number of halogens is 1. The number of hydrogen-bond acceptors (Lipinski definition) is 4. The quantitative estimate of drug-likeness (QED) is 0.836. The largest absolute Gasteiger partial charge is 0.480 e. The summed E-state index contributed by atoms with van der Waals surface area (Å²) in [5, 5.41) is 11.5. The molecule has 0 fully saturated rings. The van der Waals surface area contributed by atoms with Gasteiger partial charge in [0.25, 0.3) is 5.91 Å². The lowest BCUT2D eigenvalue weighted by molar-refractivity contribution is -0.139. The van der Waals surface area contributed by atoms with Crippen LogP contribution in [0.25, 0.3) is 0 Å². The van der Waals surface area contributed by atoms with Gasteiger partial charge in [0.15, 0.2) is 0 Å². The Morgan fingerprint density at radius 2 is 2.29 bits per heavy atom. The van der Waals surface area contributed by atoms with Crippen LogP contribution in [-0.4, -0.2) is 35.0 Å². The summed E-state index contributed by atoms with van der Waals surface area (Å²) in [5.74, 6) is -0.636. The average Bonchev–Trinajstić information content (AvgIpc) is 2.70. The van der Waals surface area contributed by atoms with Gasteiger partial charge in [0, 0.05) is 0 Å². The second-order valence-corrected chi connectivity index (χ2v) is 6.70. The Balaban J connectivity index is 2.60. The molecule has 17 heavy (non-hydrogen) atoms. The molecule has 0 saturated carbocycles. The number of carbonyl (C=O) groups is 2. The van der Waals surface area contributed by atoms with Crippen LogP contribution in [0.3, 0.4) is 0 Å². The Kier molecular flexibility index (Phi) is 6.01. The number of carboxylic acid groups (broad SMARTS) is 1. The number of rotatable bonds is 6. The fourth-order valence-corrected chi connectivity index (χ4v) is 2.92. The molecule has 4 nitrogen and oxygen atoms in total. The summed E-state index contributed by atoms with van der Waals surface area (Å²) in [4.78, 5) is 23.2. The minimum Gasteiger partial charge on any atom is -0.480 e. The number of aliphatic carboxylic acids is 1. The van der Waals surface area contributed by atoms with E-state index in [9.17, 15) is 9.59 Å². The van der Waals surface area contributed by atoms with E-state index >= 15 is 0 Å². The third-order valence-corrected chi connectivity index (χ3v) is 4.28. The Labute approximate surface area is 116 Å². The SMILES string of the molecule is CSCC[C@H](NC(=O)c1ccc(Br)s1)C(=O)O. The molecule has 1 heterocycles. The molecule has 0 spiro atoms. The molecule has 1 atom stereocenters. The lowest BCUT2D eigenvalue weighted by Crippen LogP contribution is -2.40. The van der Waals surface area contributed by atoms with Crippen molar-refractivity contribution in [3.63, 3.8) is 0 Å². The van der Waals surface area contributed by atoms with Crippen LogP contribution in [0, 0.1) is 0 Å². The van der Waals surface area contributed by atoms with Gasteiger partial charge in [-0.1, -0.05) is 0 Å². The fraction of sp³-hybridized carbons (Fsp3) is 0.400. The van der Waals surface area contributed by atoms with Crippen molar-refractivity contribution in [2.45, 2.75) is 12.5 Å². The summed E-state index contributed by atoms with van der Waals surface area (Å²) in [6, 6.07) is 2.60. The maximum atomic E-state index is 11.7. The molecule has 0 radical (unpaired) electrons. The smallest absolute Gasteiger partial charge is 0.326 e. The highest BCUT2D eigenvalue weighted by Gasteiger charge is 2.20. The highest BCUT2D eigenvalue weighted by molar-refractivity contribution is 9.11. The van der Waals surface area contributed by atoms with Crippen LogP contribution in [0.1, 0.15) is 16.1 Å². The first-order chi connectivity index (χ1) is 8.04. The molecule has 1 rings (SSSR count). The van der Waals surface area contributed by atoms with Crippen LogP contribution >= 0.6 is 39.0 Å². The molecule has 0 unspecified atom stereocenters. The number of carbonyl (C=O) groups excluding carboxylic acids is 1. The van der Waals surface area contributed by atoms with Gasteiger partial charge < -0.3 is 10.4 Å². The van der Waals surface area contributed by atoms with E-state index in [1.165, 1.54) is 11.3 Å². The van der Waals surface area contributed by atoms with Gasteiger partial charge in [-0.3, -0.25) is 4.79 Å². The number of nitrogens with one attached hydrogen (secondary N) is 1. The van der Waals surface area contributed by atoms with Gasteiger partial charge in [0.2, 0.25) is 0 Å². The molecular weight excluding hydrogens is 326 g/mol. The topological polar surface area (TPSA) is 66.4 Å². The van der Waals surface area contributed by atoms with E-state index in [0.717, 1.165) is 3.79 Å². The molecule has 0 aliphatic carbocycles. The van der Waals surface area contributed by atoms with Crippen molar-refractivity contribution in [3.8, 4) is 0 Å². The first-order valence-electron chi connectivity index (χ1n) is 4.82. The third-order valence-electron chi connectivity index (χ3n) is 2.01. The minimum absolute atomic E-state index is 0.339. The fourth-order valence-electron chi connectivity index (χ4n) is 1.16. The Morgan fingerprint density at radius 3 is 2.76 bits per heavy atom. The molecule has 7 heteroatoms. The van der Waals surface area contributed by atoms with E-state index in [1.54, 1.807) is 23.9 Å². The molecule has 1 aromatic rings.